The number of aryl methyl sites for hydroxylation is 3. The minimum absolute atomic E-state index is 0.708. The van der Waals surface area contributed by atoms with Crippen molar-refractivity contribution in [1.82, 2.24) is 19.7 Å². The Morgan fingerprint density at radius 3 is 2.74 bits per heavy atom. The molecule has 19 heavy (non-hydrogen) atoms. The molecule has 0 saturated heterocycles. The average molecular weight is 258 g/mol. The van der Waals surface area contributed by atoms with Gasteiger partial charge in [0, 0.05) is 24.5 Å². The van der Waals surface area contributed by atoms with E-state index in [9.17, 15) is 0 Å². The number of nitrogens with two attached hydrogens (primary N) is 1. The number of nitrogen functional groups attached to an aromatic ring is 1. The Kier molecular flexibility index (Phi) is 2.94. The van der Waals surface area contributed by atoms with Crippen LogP contribution in [0.5, 0.6) is 0 Å². The molecule has 0 fully saturated rings. The number of hydrogen-bond donors (Lipinski definition) is 2. The van der Waals surface area contributed by atoms with Gasteiger partial charge in [-0.1, -0.05) is 0 Å². The van der Waals surface area contributed by atoms with Crippen LogP contribution in [-0.2, 0) is 19.9 Å². The number of hydrogen-bond acceptors (Lipinski definition) is 5. The summed E-state index contributed by atoms with van der Waals surface area (Å²) in [6.45, 7) is 1.97. The van der Waals surface area contributed by atoms with Gasteiger partial charge in [-0.3, -0.25) is 4.68 Å². The Hall–Kier alpha value is -1.95. The quantitative estimate of drug-likeness (QED) is 0.627. The Morgan fingerprint density at radius 1 is 1.26 bits per heavy atom. The van der Waals surface area contributed by atoms with Crippen LogP contribution in [-0.4, -0.2) is 19.7 Å². The summed E-state index contributed by atoms with van der Waals surface area (Å²) in [5, 5.41) is 4.34. The molecule has 0 atom stereocenters. The van der Waals surface area contributed by atoms with Crippen LogP contribution in [0.25, 0.3) is 11.4 Å². The molecule has 3 rings (SSSR count). The lowest BCUT2D eigenvalue weighted by Gasteiger charge is -2.18. The summed E-state index contributed by atoms with van der Waals surface area (Å²) >= 11 is 0. The predicted molar refractivity (Wildman–Crippen MR) is 73.4 cm³/mol. The maximum Gasteiger partial charge on any atom is 0.165 e. The van der Waals surface area contributed by atoms with Crippen molar-refractivity contribution < 1.29 is 0 Å². The normalized spacial score (nSPS) is 14.3. The molecule has 6 heteroatoms. The molecule has 0 amide bonds. The smallest absolute Gasteiger partial charge is 0.165 e. The van der Waals surface area contributed by atoms with E-state index in [1.807, 2.05) is 20.2 Å². The third-order valence-corrected chi connectivity index (χ3v) is 3.57. The standard InChI is InChI=1S/C13H18N6/c1-8-10(7-19(2)18-8)12-15-11-6-4-3-5-9(11)13(16-12)17-14/h7H,3-6,14H2,1-2H3,(H,15,16,17). The molecule has 0 bridgehead atoms. The van der Waals surface area contributed by atoms with Crippen LogP contribution in [0.4, 0.5) is 5.82 Å². The Bertz CT molecular complexity index is 599. The molecule has 3 N–H and O–H groups in total. The lowest BCUT2D eigenvalue weighted by atomic mass is 9.96. The molecule has 2 aromatic heterocycles. The first-order valence-electron chi connectivity index (χ1n) is 6.56. The SMILES string of the molecule is Cc1nn(C)cc1-c1nc2c(c(NN)n1)CCCC2. The fraction of sp³-hybridized carbons (Fsp3) is 0.462. The zero-order valence-corrected chi connectivity index (χ0v) is 11.3. The molecule has 2 aromatic rings. The molecule has 6 nitrogen and oxygen atoms in total. The van der Waals surface area contributed by atoms with Crippen molar-refractivity contribution in [3.05, 3.63) is 23.1 Å². The van der Waals surface area contributed by atoms with Gasteiger partial charge in [-0.05, 0) is 32.6 Å². The number of fused-ring (bicyclic) bond motifs is 1. The predicted octanol–water partition coefficient (Wildman–Crippen LogP) is 1.35. The van der Waals surface area contributed by atoms with Gasteiger partial charge < -0.3 is 5.43 Å². The van der Waals surface area contributed by atoms with Gasteiger partial charge in [0.15, 0.2) is 5.82 Å². The summed E-state index contributed by atoms with van der Waals surface area (Å²) in [6.07, 6.45) is 6.30. The first-order valence-corrected chi connectivity index (χ1v) is 6.56. The van der Waals surface area contributed by atoms with E-state index in [0.29, 0.717) is 5.82 Å². The fourth-order valence-corrected chi connectivity index (χ4v) is 2.65. The molecular weight excluding hydrogens is 240 g/mol. The van der Waals surface area contributed by atoms with Crippen LogP contribution < -0.4 is 11.3 Å². The summed E-state index contributed by atoms with van der Waals surface area (Å²) in [5.74, 6) is 7.06. The Balaban J connectivity index is 2.15. The molecule has 0 spiro atoms. The first-order chi connectivity index (χ1) is 9.19. The van der Waals surface area contributed by atoms with Crippen molar-refractivity contribution in [3.8, 4) is 11.4 Å². The maximum absolute atomic E-state index is 5.60. The topological polar surface area (TPSA) is 81.7 Å². The summed E-state index contributed by atoms with van der Waals surface area (Å²) in [4.78, 5) is 9.25. The maximum atomic E-state index is 5.60. The van der Waals surface area contributed by atoms with E-state index in [1.54, 1.807) is 4.68 Å². The zero-order valence-electron chi connectivity index (χ0n) is 11.3. The van der Waals surface area contributed by atoms with E-state index in [2.05, 4.69) is 15.5 Å². The number of aromatic nitrogens is 4. The largest absolute Gasteiger partial charge is 0.308 e. The van der Waals surface area contributed by atoms with E-state index in [-0.39, 0.29) is 0 Å². The van der Waals surface area contributed by atoms with Gasteiger partial charge in [0.25, 0.3) is 0 Å². The highest BCUT2D eigenvalue weighted by Gasteiger charge is 2.19. The van der Waals surface area contributed by atoms with Crippen LogP contribution in [0.3, 0.4) is 0 Å². The van der Waals surface area contributed by atoms with Gasteiger partial charge in [0.1, 0.15) is 5.82 Å². The molecule has 0 aliphatic heterocycles. The third-order valence-electron chi connectivity index (χ3n) is 3.57. The van der Waals surface area contributed by atoms with Crippen molar-refractivity contribution in [2.45, 2.75) is 32.6 Å². The third kappa shape index (κ3) is 2.08. The number of nitrogens with zero attached hydrogens (tertiary/aromatic N) is 4. The second kappa shape index (κ2) is 4.62. The molecule has 2 heterocycles. The van der Waals surface area contributed by atoms with E-state index >= 15 is 0 Å². The highest BCUT2D eigenvalue weighted by Crippen LogP contribution is 2.28. The van der Waals surface area contributed by atoms with Crippen LogP contribution in [0.2, 0.25) is 0 Å². The van der Waals surface area contributed by atoms with Crippen LogP contribution in [0, 0.1) is 6.92 Å². The number of nitrogens with one attached hydrogen (secondary N) is 1. The molecule has 1 aliphatic rings. The molecular formula is C13H18N6. The van der Waals surface area contributed by atoms with E-state index in [4.69, 9.17) is 10.8 Å². The van der Waals surface area contributed by atoms with Crippen LogP contribution >= 0.6 is 0 Å². The van der Waals surface area contributed by atoms with Gasteiger partial charge in [-0.25, -0.2) is 15.8 Å². The second-order valence-electron chi connectivity index (χ2n) is 4.97. The zero-order chi connectivity index (χ0) is 13.4. The molecule has 0 radical (unpaired) electrons. The van der Waals surface area contributed by atoms with E-state index in [1.165, 1.54) is 18.4 Å². The van der Waals surface area contributed by atoms with Crippen molar-refractivity contribution in [1.29, 1.82) is 0 Å². The minimum atomic E-state index is 0.708. The van der Waals surface area contributed by atoms with Crippen molar-refractivity contribution in [3.63, 3.8) is 0 Å². The lowest BCUT2D eigenvalue weighted by Crippen LogP contribution is -2.17. The Morgan fingerprint density at radius 2 is 2.05 bits per heavy atom. The lowest BCUT2D eigenvalue weighted by molar-refractivity contribution is 0.665. The molecule has 100 valence electrons. The summed E-state index contributed by atoms with van der Waals surface area (Å²) in [5.41, 5.74) is 6.89. The summed E-state index contributed by atoms with van der Waals surface area (Å²) in [7, 11) is 1.90. The van der Waals surface area contributed by atoms with Crippen LogP contribution in [0.15, 0.2) is 6.20 Å². The van der Waals surface area contributed by atoms with Gasteiger partial charge in [0.05, 0.1) is 11.3 Å². The van der Waals surface area contributed by atoms with E-state index in [0.717, 1.165) is 35.6 Å². The van der Waals surface area contributed by atoms with Gasteiger partial charge >= 0.3 is 0 Å². The Labute approximate surface area is 112 Å². The molecule has 0 unspecified atom stereocenters. The van der Waals surface area contributed by atoms with Gasteiger partial charge in [0.2, 0.25) is 0 Å². The summed E-state index contributed by atoms with van der Waals surface area (Å²) in [6, 6.07) is 0. The van der Waals surface area contributed by atoms with Gasteiger partial charge in [-0.2, -0.15) is 5.10 Å². The average Bonchev–Trinajstić information content (AvgIpc) is 2.76. The molecule has 0 aromatic carbocycles. The second-order valence-corrected chi connectivity index (χ2v) is 4.97. The van der Waals surface area contributed by atoms with Crippen molar-refractivity contribution in [2.24, 2.45) is 12.9 Å². The summed E-state index contributed by atoms with van der Waals surface area (Å²) < 4.78 is 1.78. The minimum Gasteiger partial charge on any atom is -0.308 e. The van der Waals surface area contributed by atoms with Crippen LogP contribution in [0.1, 0.15) is 29.8 Å². The van der Waals surface area contributed by atoms with Gasteiger partial charge in [-0.15, -0.1) is 0 Å². The fourth-order valence-electron chi connectivity index (χ4n) is 2.65. The monoisotopic (exact) mass is 258 g/mol. The first kappa shape index (κ1) is 12.1. The number of hydrazine groups is 1. The van der Waals surface area contributed by atoms with Crippen molar-refractivity contribution in [2.75, 3.05) is 5.43 Å². The van der Waals surface area contributed by atoms with E-state index < -0.39 is 0 Å². The number of anilines is 1. The van der Waals surface area contributed by atoms with Crippen molar-refractivity contribution >= 4 is 5.82 Å². The molecule has 0 saturated carbocycles. The highest BCUT2D eigenvalue weighted by molar-refractivity contribution is 5.61. The highest BCUT2D eigenvalue weighted by atomic mass is 15.3. The number of rotatable bonds is 2. The molecule has 1 aliphatic carbocycles.